The summed E-state index contributed by atoms with van der Waals surface area (Å²) in [5.41, 5.74) is -1.01. The van der Waals surface area contributed by atoms with Crippen molar-refractivity contribution in [2.24, 2.45) is 5.41 Å². The first kappa shape index (κ1) is 21.8. The van der Waals surface area contributed by atoms with Crippen LogP contribution in [0.25, 0.3) is 0 Å². The molecule has 8 nitrogen and oxygen atoms in total. The number of amides is 2. The average molecular weight is 416 g/mol. The second kappa shape index (κ2) is 9.59. The van der Waals surface area contributed by atoms with E-state index in [2.05, 4.69) is 10.6 Å². The van der Waals surface area contributed by atoms with E-state index in [1.54, 1.807) is 44.2 Å². The summed E-state index contributed by atoms with van der Waals surface area (Å²) in [5, 5.41) is 15.0. The molecule has 2 amide bonds. The lowest BCUT2D eigenvalue weighted by atomic mass is 9.87. The minimum Gasteiger partial charge on any atom is -0.417 e. The predicted octanol–water partition coefficient (Wildman–Crippen LogP) is 1.95. The van der Waals surface area contributed by atoms with Gasteiger partial charge in [-0.05, 0) is 23.5 Å². The number of para-hydroxylation sites is 1. The summed E-state index contributed by atoms with van der Waals surface area (Å²) in [4.78, 5) is 24.4. The topological polar surface area (TPSA) is 114 Å². The fraction of sp³-hybridized carbons (Fsp3) is 0.529. The van der Waals surface area contributed by atoms with Crippen LogP contribution in [-0.2, 0) is 18.7 Å². The van der Waals surface area contributed by atoms with Crippen molar-refractivity contribution in [1.29, 1.82) is 0 Å². The Kier molecular flexibility index (Phi) is 7.73. The van der Waals surface area contributed by atoms with E-state index in [9.17, 15) is 19.3 Å². The summed E-state index contributed by atoms with van der Waals surface area (Å²) in [5.74, 6) is -0.150. The van der Waals surface area contributed by atoms with Crippen LogP contribution in [0.2, 0.25) is 0 Å². The molecule has 2 atom stereocenters. The molecule has 1 unspecified atom stereocenters. The molecule has 0 radical (unpaired) electrons. The molecule has 1 fully saturated rings. The van der Waals surface area contributed by atoms with Crippen molar-refractivity contribution in [2.45, 2.75) is 26.4 Å². The minimum atomic E-state index is -3.82. The van der Waals surface area contributed by atoms with Gasteiger partial charge >= 0.3 is 6.80 Å². The molecule has 150 valence electrons. The molecule has 1 aliphatic rings. The Morgan fingerprint density at radius 1 is 1.26 bits per heavy atom. The Labute approximate surface area is 162 Å². The molecule has 1 heterocycles. The van der Waals surface area contributed by atoms with Crippen LogP contribution in [0.3, 0.4) is 0 Å². The Balaban J connectivity index is 2.31. The first-order valence-corrected chi connectivity index (χ1v) is 11.7. The van der Waals surface area contributed by atoms with Crippen LogP contribution in [0, 0.1) is 5.41 Å². The van der Waals surface area contributed by atoms with Crippen molar-refractivity contribution < 1.29 is 28.3 Å². The van der Waals surface area contributed by atoms with Gasteiger partial charge in [0.05, 0.1) is 6.61 Å². The van der Waals surface area contributed by atoms with E-state index in [1.165, 1.54) is 0 Å². The van der Waals surface area contributed by atoms with Crippen LogP contribution in [-0.4, -0.2) is 48.5 Å². The molecule has 10 heteroatoms. The Hall–Kier alpha value is -1.54. The highest BCUT2D eigenvalue weighted by atomic mass is 32.7. The normalized spacial score (nSPS) is 25.5. The number of carbonyl (C=O) groups excluding carboxylic acids is 2. The summed E-state index contributed by atoms with van der Waals surface area (Å²) in [6.45, 7) is -0.509. The maximum absolute atomic E-state index is 13.4. The van der Waals surface area contributed by atoms with E-state index in [1.807, 2.05) is 0 Å². The third-order valence-corrected chi connectivity index (χ3v) is 7.46. The fourth-order valence-corrected chi connectivity index (χ4v) is 5.67. The van der Waals surface area contributed by atoms with Gasteiger partial charge in [-0.25, -0.2) is 4.57 Å². The quantitative estimate of drug-likeness (QED) is 0.643. The molecule has 0 spiro atoms. The molecule has 3 N–H and O–H groups in total. The average Bonchev–Trinajstić information content (AvgIpc) is 2.63. The molecule has 0 aromatic heterocycles. The van der Waals surface area contributed by atoms with Crippen LogP contribution >= 0.6 is 18.2 Å². The second-order valence-corrected chi connectivity index (χ2v) is 10.8. The van der Waals surface area contributed by atoms with Gasteiger partial charge in [-0.2, -0.15) is 0 Å². The summed E-state index contributed by atoms with van der Waals surface area (Å²) < 4.78 is 24.7. The van der Waals surface area contributed by atoms with Crippen molar-refractivity contribution in [1.82, 2.24) is 10.6 Å². The standard InChI is InChI=1S/C17H25N2O6PS/c1-17(2,12-20)15-16(22)19-9-8-14(21)18-10-11-27-26(23,25-15)24-13-6-4-3-5-7-13/h3-7,15,20H,8-12H2,1-2H3,(H,18,21)(H,19,22)/t15-,26?/m0/s1. The molecule has 1 saturated heterocycles. The van der Waals surface area contributed by atoms with Crippen molar-refractivity contribution in [3.63, 3.8) is 0 Å². The SMILES string of the molecule is CC(C)(CO)[C@H]1OP(=O)(Oc2ccccc2)SCCNC(=O)CCNC1=O. The Bertz CT molecular complexity index is 700. The zero-order valence-corrected chi connectivity index (χ0v) is 17.1. The van der Waals surface area contributed by atoms with Crippen LogP contribution in [0.1, 0.15) is 20.3 Å². The summed E-state index contributed by atoms with van der Waals surface area (Å²) in [7, 11) is 0. The molecule has 0 saturated carbocycles. The highest BCUT2D eigenvalue weighted by molar-refractivity contribution is 8.55. The van der Waals surface area contributed by atoms with Crippen LogP contribution in [0.5, 0.6) is 5.75 Å². The Morgan fingerprint density at radius 2 is 1.96 bits per heavy atom. The number of rotatable bonds is 4. The molecule has 2 rings (SSSR count). The zero-order valence-electron chi connectivity index (χ0n) is 15.3. The van der Waals surface area contributed by atoms with E-state index < -0.39 is 24.2 Å². The third-order valence-electron chi connectivity index (χ3n) is 3.88. The largest absolute Gasteiger partial charge is 0.440 e. The highest BCUT2D eigenvalue weighted by Gasteiger charge is 2.43. The lowest BCUT2D eigenvalue weighted by Crippen LogP contribution is -2.47. The number of benzene rings is 1. The minimum absolute atomic E-state index is 0.114. The van der Waals surface area contributed by atoms with Crippen LogP contribution < -0.4 is 15.2 Å². The first-order chi connectivity index (χ1) is 12.8. The number of nitrogens with one attached hydrogen (secondary N) is 2. The predicted molar refractivity (Wildman–Crippen MR) is 104 cm³/mol. The molecular weight excluding hydrogens is 391 g/mol. The van der Waals surface area contributed by atoms with Gasteiger partial charge in [-0.1, -0.05) is 32.0 Å². The molecule has 1 aromatic rings. The van der Waals surface area contributed by atoms with Gasteiger partial charge in [-0.3, -0.25) is 14.1 Å². The highest BCUT2D eigenvalue weighted by Crippen LogP contribution is 2.61. The monoisotopic (exact) mass is 416 g/mol. The van der Waals surface area contributed by atoms with E-state index in [-0.39, 0.29) is 37.8 Å². The number of carbonyl (C=O) groups is 2. The summed E-state index contributed by atoms with van der Waals surface area (Å²) in [6, 6.07) is 8.51. The molecule has 1 aromatic carbocycles. The second-order valence-electron chi connectivity index (χ2n) is 6.71. The molecule has 27 heavy (non-hydrogen) atoms. The number of aliphatic hydroxyl groups is 1. The van der Waals surface area contributed by atoms with Gasteiger partial charge in [0.1, 0.15) is 5.75 Å². The zero-order chi connectivity index (χ0) is 19.9. The molecule has 0 bridgehead atoms. The van der Waals surface area contributed by atoms with E-state index in [0.29, 0.717) is 5.75 Å². The first-order valence-electron chi connectivity index (χ1n) is 8.59. The summed E-state index contributed by atoms with van der Waals surface area (Å²) >= 11 is 0.902. The maximum atomic E-state index is 13.4. The lowest BCUT2D eigenvalue weighted by Gasteiger charge is -2.33. The fourth-order valence-electron chi connectivity index (χ4n) is 2.27. The van der Waals surface area contributed by atoms with Gasteiger partial charge in [-0.15, -0.1) is 0 Å². The summed E-state index contributed by atoms with van der Waals surface area (Å²) in [6.07, 6.45) is -1.09. The molecule has 1 aliphatic heterocycles. The lowest BCUT2D eigenvalue weighted by molar-refractivity contribution is -0.135. The number of hydrogen-bond donors (Lipinski definition) is 3. The Morgan fingerprint density at radius 3 is 2.63 bits per heavy atom. The van der Waals surface area contributed by atoms with Crippen LogP contribution in [0.15, 0.2) is 30.3 Å². The number of hydrogen-bond acceptors (Lipinski definition) is 7. The molecule has 0 aliphatic carbocycles. The van der Waals surface area contributed by atoms with Gasteiger partial charge in [0.25, 0.3) is 0 Å². The van der Waals surface area contributed by atoms with Crippen molar-refractivity contribution in [2.75, 3.05) is 25.4 Å². The molecular formula is C17H25N2O6PS. The maximum Gasteiger partial charge on any atom is 0.440 e. The third kappa shape index (κ3) is 6.53. The van der Waals surface area contributed by atoms with E-state index >= 15 is 0 Å². The van der Waals surface area contributed by atoms with E-state index in [0.717, 1.165) is 11.4 Å². The van der Waals surface area contributed by atoms with Gasteiger partial charge in [0.15, 0.2) is 6.10 Å². The smallest absolute Gasteiger partial charge is 0.417 e. The van der Waals surface area contributed by atoms with Gasteiger partial charge in [0.2, 0.25) is 11.8 Å². The van der Waals surface area contributed by atoms with Crippen LogP contribution in [0.4, 0.5) is 0 Å². The van der Waals surface area contributed by atoms with Gasteiger partial charge in [0, 0.05) is 30.7 Å². The van der Waals surface area contributed by atoms with E-state index in [4.69, 9.17) is 9.05 Å². The number of aliphatic hydroxyl groups excluding tert-OH is 1. The van der Waals surface area contributed by atoms with Crippen molar-refractivity contribution in [3.05, 3.63) is 30.3 Å². The van der Waals surface area contributed by atoms with Crippen molar-refractivity contribution >= 4 is 30.0 Å². The van der Waals surface area contributed by atoms with Crippen molar-refractivity contribution in [3.8, 4) is 5.75 Å². The van der Waals surface area contributed by atoms with Gasteiger partial charge < -0.3 is 20.3 Å².